The third-order valence-corrected chi connectivity index (χ3v) is 0.129. The molecule has 6 heteroatoms. The first-order valence-electron chi connectivity index (χ1n) is 1.43. The summed E-state index contributed by atoms with van der Waals surface area (Å²) in [6, 6.07) is 0. The number of hydrogen-bond acceptors (Lipinski definition) is 3. The third kappa shape index (κ3) is 80.8. The van der Waals surface area contributed by atoms with Gasteiger partial charge in [0.25, 0.3) is 0 Å². The average molecular weight is 182 g/mol. The Balaban J connectivity index is -0.0000000183. The van der Waals surface area contributed by atoms with Crippen LogP contribution in [0.25, 0.3) is 0 Å². The van der Waals surface area contributed by atoms with Crippen molar-refractivity contribution in [3.05, 3.63) is 0 Å². The van der Waals surface area contributed by atoms with Gasteiger partial charge in [-0.3, -0.25) is 4.57 Å². The molecule has 0 rings (SSSR count). The molecule has 0 fully saturated rings. The average Bonchev–Trinajstić information content (AvgIpc) is 1.72. The highest BCUT2D eigenvalue weighted by atomic mass is 35.5. The summed E-state index contributed by atoms with van der Waals surface area (Å²) in [7, 11) is 1.72. The summed E-state index contributed by atoms with van der Waals surface area (Å²) in [6.07, 6.45) is 0. The molecular weight excluding hydrogens is 172 g/mol. The van der Waals surface area contributed by atoms with Crippen molar-refractivity contribution in [3.8, 4) is 0 Å². The number of hydrogen-bond donors (Lipinski definition) is 2. The van der Waals surface area contributed by atoms with E-state index in [2.05, 4.69) is 0 Å². The van der Waals surface area contributed by atoms with Gasteiger partial charge in [0.05, 0.1) is 6.61 Å². The van der Waals surface area contributed by atoms with Crippen molar-refractivity contribution in [2.24, 2.45) is 5.73 Å². The van der Waals surface area contributed by atoms with E-state index < -0.39 is 0 Å². The molecule has 0 radical (unpaired) electrons. The number of aliphatic hydroxyl groups is 1. The van der Waals surface area contributed by atoms with Gasteiger partial charge in [-0.05, 0) is 0 Å². The molecule has 0 atom stereocenters. The van der Waals surface area contributed by atoms with Crippen LogP contribution in [0.15, 0.2) is 0 Å². The number of nitrogens with two attached hydrogens (primary N) is 1. The summed E-state index contributed by atoms with van der Waals surface area (Å²) >= 11 is 0. The van der Waals surface area contributed by atoms with Crippen LogP contribution in [0.1, 0.15) is 0 Å². The highest BCUT2D eigenvalue weighted by Crippen LogP contribution is 1.33. The van der Waals surface area contributed by atoms with Gasteiger partial charge in [-0.15, -0.1) is 24.8 Å². The molecule has 0 aliphatic carbocycles. The van der Waals surface area contributed by atoms with E-state index in [1.54, 1.807) is 9.12 Å². The first-order chi connectivity index (χ1) is 2.91. The lowest BCUT2D eigenvalue weighted by molar-refractivity contribution is 0.306. The van der Waals surface area contributed by atoms with Gasteiger partial charge in [0.15, 0.2) is 0 Å². The molecule has 0 heterocycles. The van der Waals surface area contributed by atoms with Crippen LogP contribution in [0.4, 0.5) is 0 Å². The molecule has 8 heavy (non-hydrogen) atoms. The fourth-order valence-electron chi connectivity index (χ4n) is 0. The Morgan fingerprint density at radius 3 is 1.50 bits per heavy atom. The molecule has 0 amide bonds. The van der Waals surface area contributed by atoms with E-state index in [0.29, 0.717) is 6.54 Å². The van der Waals surface area contributed by atoms with Crippen molar-refractivity contribution in [1.82, 2.24) is 0 Å². The highest BCUT2D eigenvalue weighted by Gasteiger charge is 1.56. The maximum absolute atomic E-state index is 8.06. The monoisotopic (exact) mass is 181 g/mol. The summed E-state index contributed by atoms with van der Waals surface area (Å²) in [5, 5.41) is 7.75. The van der Waals surface area contributed by atoms with E-state index in [0.717, 1.165) is 0 Å². The minimum atomic E-state index is 0. The van der Waals surface area contributed by atoms with Gasteiger partial charge in [0, 0.05) is 6.54 Å². The van der Waals surface area contributed by atoms with Crippen molar-refractivity contribution >= 4 is 33.9 Å². The smallest absolute Gasteiger partial charge is 0.138 e. The summed E-state index contributed by atoms with van der Waals surface area (Å²) < 4.78 is 8.06. The van der Waals surface area contributed by atoms with Crippen molar-refractivity contribution in [3.63, 3.8) is 0 Å². The van der Waals surface area contributed by atoms with Gasteiger partial charge >= 0.3 is 0 Å². The molecule has 0 unspecified atom stereocenters. The maximum atomic E-state index is 8.06. The van der Waals surface area contributed by atoms with Gasteiger partial charge in [-0.2, -0.15) is 0 Å². The van der Waals surface area contributed by atoms with E-state index in [9.17, 15) is 0 Å². The quantitative estimate of drug-likeness (QED) is 0.571. The lowest BCUT2D eigenvalue weighted by Gasteiger charge is -1.71. The molecule has 0 aliphatic rings. The predicted octanol–water partition coefficient (Wildman–Crippen LogP) is 0.256. The van der Waals surface area contributed by atoms with Crippen LogP contribution < -0.4 is 5.73 Å². The van der Waals surface area contributed by atoms with Crippen LogP contribution in [-0.4, -0.2) is 18.3 Å². The second-order valence-electron chi connectivity index (χ2n) is 0.512. The van der Waals surface area contributed by atoms with Gasteiger partial charge in [0.2, 0.25) is 0 Å². The standard InChI is InChI=1S/C2H7NO.2ClH.HOP/c3-1-2-4;;;1-2/h4H,1-3H2;2*1H;2H. The predicted molar refractivity (Wildman–Crippen MR) is 39.6 cm³/mol. The van der Waals surface area contributed by atoms with Crippen molar-refractivity contribution in [2.75, 3.05) is 13.2 Å². The Morgan fingerprint density at radius 2 is 1.50 bits per heavy atom. The van der Waals surface area contributed by atoms with Crippen LogP contribution in [0, 0.1) is 0 Å². The topological polar surface area (TPSA) is 63.3 Å². The molecule has 0 spiro atoms. The van der Waals surface area contributed by atoms with E-state index in [1.165, 1.54) is 0 Å². The van der Waals surface area contributed by atoms with Gasteiger partial charge in [-0.1, -0.05) is 0 Å². The van der Waals surface area contributed by atoms with Gasteiger partial charge in [-0.25, -0.2) is 0 Å². The fourth-order valence-corrected chi connectivity index (χ4v) is 0. The molecule has 0 aromatic rings. The molecule has 0 saturated carbocycles. The van der Waals surface area contributed by atoms with Crippen molar-refractivity contribution < 1.29 is 9.67 Å². The second kappa shape index (κ2) is 49.0. The van der Waals surface area contributed by atoms with Crippen molar-refractivity contribution in [1.29, 1.82) is 0 Å². The zero-order valence-corrected chi connectivity index (χ0v) is 6.80. The summed E-state index contributed by atoms with van der Waals surface area (Å²) in [5.41, 5.74) is 4.78. The fraction of sp³-hybridized carbons (Fsp3) is 1.00. The van der Waals surface area contributed by atoms with E-state index >= 15 is 0 Å². The van der Waals surface area contributed by atoms with Crippen LogP contribution in [0.5, 0.6) is 0 Å². The largest absolute Gasteiger partial charge is 0.395 e. The molecule has 0 aromatic heterocycles. The Hall–Kier alpha value is 0.600. The van der Waals surface area contributed by atoms with Crippen LogP contribution in [-0.2, 0) is 4.57 Å². The SMILES string of the molecule is Cl.Cl.NCCO.O=P. The van der Waals surface area contributed by atoms with E-state index in [1.807, 2.05) is 0 Å². The summed E-state index contributed by atoms with van der Waals surface area (Å²) in [6.45, 7) is 0.472. The lowest BCUT2D eigenvalue weighted by atomic mass is 10.8. The number of aliphatic hydroxyl groups excluding tert-OH is 1. The molecule has 0 bridgehead atoms. The zero-order valence-electron chi connectivity index (χ0n) is 4.16. The molecule has 3 N–H and O–H groups in total. The zero-order chi connectivity index (χ0) is 5.41. The highest BCUT2D eigenvalue weighted by molar-refractivity contribution is 7.00. The molecular formula is C2H10Cl2NO2P. The lowest BCUT2D eigenvalue weighted by Crippen LogP contribution is -2.02. The minimum Gasteiger partial charge on any atom is -0.395 e. The Labute approximate surface area is 63.1 Å². The molecule has 0 saturated heterocycles. The first-order valence-corrected chi connectivity index (χ1v) is 1.84. The van der Waals surface area contributed by atoms with Crippen LogP contribution >= 0.6 is 33.9 Å². The second-order valence-corrected chi connectivity index (χ2v) is 0.512. The van der Waals surface area contributed by atoms with Gasteiger partial charge in [0.1, 0.15) is 9.12 Å². The van der Waals surface area contributed by atoms with E-state index in [4.69, 9.17) is 15.4 Å². The number of rotatable bonds is 1. The van der Waals surface area contributed by atoms with Crippen LogP contribution in [0.2, 0.25) is 0 Å². The maximum Gasteiger partial charge on any atom is 0.138 e. The Kier molecular flexibility index (Phi) is 144. The normalized spacial score (nSPS) is 4.25. The third-order valence-electron chi connectivity index (χ3n) is 0.129. The molecule has 0 aromatic carbocycles. The van der Waals surface area contributed by atoms with Crippen LogP contribution in [0.3, 0.4) is 0 Å². The molecule has 54 valence electrons. The number of halogens is 2. The Morgan fingerprint density at radius 1 is 1.38 bits per heavy atom. The molecule has 0 aliphatic heterocycles. The summed E-state index contributed by atoms with van der Waals surface area (Å²) in [4.78, 5) is 0. The minimum absolute atomic E-state index is 0. The van der Waals surface area contributed by atoms with Gasteiger partial charge < -0.3 is 10.8 Å². The van der Waals surface area contributed by atoms with E-state index in [-0.39, 0.29) is 31.4 Å². The summed E-state index contributed by atoms with van der Waals surface area (Å²) in [5.74, 6) is 0. The first kappa shape index (κ1) is 23.5. The Bertz CT molecular complexity index is 25.5. The van der Waals surface area contributed by atoms with Crippen molar-refractivity contribution in [2.45, 2.75) is 0 Å². The molecule has 3 nitrogen and oxygen atoms in total.